The molecule has 0 aliphatic carbocycles. The largest absolute Gasteiger partial charge is 0.491 e. The predicted molar refractivity (Wildman–Crippen MR) is 107 cm³/mol. The number of ether oxygens (including phenoxy) is 1. The van der Waals surface area contributed by atoms with Crippen LogP contribution in [0.4, 0.5) is 0 Å². The number of rotatable bonds is 5. The molecule has 26 heavy (non-hydrogen) atoms. The van der Waals surface area contributed by atoms with E-state index in [0.717, 1.165) is 34.7 Å². The number of para-hydroxylation sites is 2. The quantitative estimate of drug-likeness (QED) is 0.485. The van der Waals surface area contributed by atoms with Crippen LogP contribution in [0.2, 0.25) is 0 Å². The molecule has 0 bridgehead atoms. The molecule has 3 nitrogen and oxygen atoms in total. The van der Waals surface area contributed by atoms with Crippen molar-refractivity contribution in [3.8, 4) is 17.1 Å². The number of imidazole rings is 1. The van der Waals surface area contributed by atoms with E-state index in [2.05, 4.69) is 54.8 Å². The van der Waals surface area contributed by atoms with Crippen molar-refractivity contribution in [1.29, 1.82) is 0 Å². The van der Waals surface area contributed by atoms with Gasteiger partial charge in [0.25, 0.3) is 0 Å². The summed E-state index contributed by atoms with van der Waals surface area (Å²) in [5.41, 5.74) is 5.72. The van der Waals surface area contributed by atoms with Crippen molar-refractivity contribution < 1.29 is 4.74 Å². The molecule has 3 heteroatoms. The smallest absolute Gasteiger partial charge is 0.141 e. The normalized spacial score (nSPS) is 11.0. The molecule has 0 saturated heterocycles. The monoisotopic (exact) mass is 342 g/mol. The lowest BCUT2D eigenvalue weighted by Crippen LogP contribution is -2.10. The van der Waals surface area contributed by atoms with Crippen molar-refractivity contribution >= 4 is 11.0 Å². The average Bonchev–Trinajstić information content (AvgIpc) is 3.05. The molecule has 0 saturated carbocycles. The molecule has 0 aliphatic rings. The molecule has 4 rings (SSSR count). The van der Waals surface area contributed by atoms with Crippen LogP contribution in [0.25, 0.3) is 22.4 Å². The summed E-state index contributed by atoms with van der Waals surface area (Å²) >= 11 is 0. The summed E-state index contributed by atoms with van der Waals surface area (Å²) in [6.07, 6.45) is 0. The number of hydrogen-bond acceptors (Lipinski definition) is 2. The molecule has 1 aromatic heterocycles. The van der Waals surface area contributed by atoms with Crippen molar-refractivity contribution in [1.82, 2.24) is 9.55 Å². The molecule has 0 N–H and O–H groups in total. The van der Waals surface area contributed by atoms with Crippen LogP contribution in [0.15, 0.2) is 72.8 Å². The Morgan fingerprint density at radius 3 is 2.46 bits per heavy atom. The van der Waals surface area contributed by atoms with Crippen LogP contribution in [-0.2, 0) is 6.54 Å². The van der Waals surface area contributed by atoms with Crippen molar-refractivity contribution in [2.24, 2.45) is 0 Å². The van der Waals surface area contributed by atoms with Gasteiger partial charge in [0.1, 0.15) is 18.2 Å². The molecule has 0 radical (unpaired) electrons. The van der Waals surface area contributed by atoms with Gasteiger partial charge in [-0.15, -0.1) is 0 Å². The summed E-state index contributed by atoms with van der Waals surface area (Å²) in [4.78, 5) is 4.85. The van der Waals surface area contributed by atoms with Crippen molar-refractivity contribution in [3.05, 3.63) is 83.9 Å². The zero-order chi connectivity index (χ0) is 17.9. The predicted octanol–water partition coefficient (Wildman–Crippen LogP) is 5.40. The van der Waals surface area contributed by atoms with E-state index >= 15 is 0 Å². The van der Waals surface area contributed by atoms with E-state index in [1.807, 2.05) is 36.4 Å². The standard InChI is InChI=1S/C23H22N2O/c1-17-9-8-14-22(18(17)2)26-16-15-25-21-13-7-6-12-20(21)24-23(25)19-10-4-3-5-11-19/h3-14H,15-16H2,1-2H3. The molecular weight excluding hydrogens is 320 g/mol. The minimum Gasteiger partial charge on any atom is -0.491 e. The third-order valence-electron chi connectivity index (χ3n) is 4.81. The van der Waals surface area contributed by atoms with Crippen LogP contribution in [0, 0.1) is 13.8 Å². The minimum atomic E-state index is 0.602. The highest BCUT2D eigenvalue weighted by molar-refractivity contribution is 5.80. The molecule has 0 atom stereocenters. The van der Waals surface area contributed by atoms with Crippen LogP contribution < -0.4 is 4.74 Å². The maximum Gasteiger partial charge on any atom is 0.141 e. The highest BCUT2D eigenvalue weighted by atomic mass is 16.5. The van der Waals surface area contributed by atoms with E-state index < -0.39 is 0 Å². The Morgan fingerprint density at radius 1 is 0.846 bits per heavy atom. The van der Waals surface area contributed by atoms with E-state index in [0.29, 0.717) is 6.61 Å². The third-order valence-corrected chi connectivity index (χ3v) is 4.81. The molecule has 4 aromatic rings. The molecule has 130 valence electrons. The minimum absolute atomic E-state index is 0.602. The van der Waals surface area contributed by atoms with Gasteiger partial charge in [-0.1, -0.05) is 54.6 Å². The molecule has 0 fully saturated rings. The van der Waals surface area contributed by atoms with Gasteiger partial charge in [0, 0.05) is 5.56 Å². The van der Waals surface area contributed by atoms with Gasteiger partial charge in [-0.2, -0.15) is 0 Å². The molecule has 0 unspecified atom stereocenters. The van der Waals surface area contributed by atoms with Crippen molar-refractivity contribution in [2.45, 2.75) is 20.4 Å². The number of benzene rings is 3. The Balaban J connectivity index is 1.64. The van der Waals surface area contributed by atoms with Gasteiger partial charge in [-0.25, -0.2) is 4.98 Å². The SMILES string of the molecule is Cc1cccc(OCCn2c(-c3ccccc3)nc3ccccc32)c1C. The van der Waals surface area contributed by atoms with Gasteiger partial charge in [0.2, 0.25) is 0 Å². The molecular formula is C23H22N2O. The Morgan fingerprint density at radius 2 is 1.62 bits per heavy atom. The lowest BCUT2D eigenvalue weighted by atomic mass is 10.1. The number of fused-ring (bicyclic) bond motifs is 1. The third kappa shape index (κ3) is 3.08. The first-order chi connectivity index (χ1) is 12.7. The second-order valence-corrected chi connectivity index (χ2v) is 6.49. The van der Waals surface area contributed by atoms with Gasteiger partial charge in [0.05, 0.1) is 17.6 Å². The maximum absolute atomic E-state index is 6.08. The summed E-state index contributed by atoms with van der Waals surface area (Å²) in [6, 6.07) is 24.8. The highest BCUT2D eigenvalue weighted by Crippen LogP contribution is 2.25. The van der Waals surface area contributed by atoms with E-state index in [4.69, 9.17) is 9.72 Å². The zero-order valence-electron chi connectivity index (χ0n) is 15.1. The van der Waals surface area contributed by atoms with Crippen LogP contribution in [0.3, 0.4) is 0 Å². The van der Waals surface area contributed by atoms with Gasteiger partial charge in [0.15, 0.2) is 0 Å². The van der Waals surface area contributed by atoms with Crippen LogP contribution in [-0.4, -0.2) is 16.2 Å². The summed E-state index contributed by atoms with van der Waals surface area (Å²) in [6.45, 7) is 5.56. The van der Waals surface area contributed by atoms with E-state index in [9.17, 15) is 0 Å². The molecule has 0 amide bonds. The number of nitrogens with zero attached hydrogens (tertiary/aromatic N) is 2. The second-order valence-electron chi connectivity index (χ2n) is 6.49. The van der Waals surface area contributed by atoms with Crippen molar-refractivity contribution in [2.75, 3.05) is 6.61 Å². The van der Waals surface area contributed by atoms with E-state index in [1.54, 1.807) is 0 Å². The van der Waals surface area contributed by atoms with Gasteiger partial charge < -0.3 is 9.30 Å². The number of aryl methyl sites for hydroxylation is 1. The van der Waals surface area contributed by atoms with E-state index in [1.165, 1.54) is 11.1 Å². The first kappa shape index (κ1) is 16.4. The van der Waals surface area contributed by atoms with Gasteiger partial charge in [-0.05, 0) is 43.2 Å². The van der Waals surface area contributed by atoms with Crippen LogP contribution in [0.5, 0.6) is 5.75 Å². The Hall–Kier alpha value is -3.07. The number of aromatic nitrogens is 2. The zero-order valence-corrected chi connectivity index (χ0v) is 15.1. The second kappa shape index (κ2) is 7.04. The lowest BCUT2D eigenvalue weighted by molar-refractivity contribution is 0.298. The fraction of sp³-hybridized carbons (Fsp3) is 0.174. The molecule has 3 aromatic carbocycles. The maximum atomic E-state index is 6.08. The fourth-order valence-corrected chi connectivity index (χ4v) is 3.24. The summed E-state index contributed by atoms with van der Waals surface area (Å²) in [5.74, 6) is 1.94. The summed E-state index contributed by atoms with van der Waals surface area (Å²) in [7, 11) is 0. The summed E-state index contributed by atoms with van der Waals surface area (Å²) < 4.78 is 8.33. The topological polar surface area (TPSA) is 27.1 Å². The fourth-order valence-electron chi connectivity index (χ4n) is 3.24. The van der Waals surface area contributed by atoms with Crippen molar-refractivity contribution in [3.63, 3.8) is 0 Å². The Kier molecular flexibility index (Phi) is 4.44. The Bertz CT molecular complexity index is 1030. The van der Waals surface area contributed by atoms with Gasteiger partial charge >= 0.3 is 0 Å². The average molecular weight is 342 g/mol. The van der Waals surface area contributed by atoms with E-state index in [-0.39, 0.29) is 0 Å². The van der Waals surface area contributed by atoms with Crippen LogP contribution in [0.1, 0.15) is 11.1 Å². The lowest BCUT2D eigenvalue weighted by Gasteiger charge is -2.13. The van der Waals surface area contributed by atoms with Crippen LogP contribution >= 0.6 is 0 Å². The highest BCUT2D eigenvalue weighted by Gasteiger charge is 2.12. The first-order valence-electron chi connectivity index (χ1n) is 8.94. The first-order valence-corrected chi connectivity index (χ1v) is 8.94. The number of hydrogen-bond donors (Lipinski definition) is 0. The molecule has 0 aliphatic heterocycles. The summed E-state index contributed by atoms with van der Waals surface area (Å²) in [5, 5.41) is 0. The van der Waals surface area contributed by atoms with Gasteiger partial charge in [-0.3, -0.25) is 0 Å². The molecule has 0 spiro atoms. The Labute approximate surface area is 153 Å². The molecule has 1 heterocycles.